The van der Waals surface area contributed by atoms with E-state index in [0.29, 0.717) is 11.8 Å². The summed E-state index contributed by atoms with van der Waals surface area (Å²) in [7, 11) is 2.44. The monoisotopic (exact) mass is 290 g/mol. The van der Waals surface area contributed by atoms with Crippen LogP contribution in [0, 0.1) is 17.3 Å². The van der Waals surface area contributed by atoms with Crippen molar-refractivity contribution >= 4 is 8.80 Å². The Labute approximate surface area is 121 Å². The van der Waals surface area contributed by atoms with E-state index in [2.05, 4.69) is 48.5 Å². The van der Waals surface area contributed by atoms with Crippen molar-refractivity contribution in [3.8, 4) is 0 Å². The first-order valence-electron chi connectivity index (χ1n) is 7.18. The lowest BCUT2D eigenvalue weighted by atomic mass is 9.72. The maximum absolute atomic E-state index is 5.78. The van der Waals surface area contributed by atoms with Crippen molar-refractivity contribution in [2.75, 3.05) is 21.3 Å². The van der Waals surface area contributed by atoms with Crippen LogP contribution < -0.4 is 0 Å². The van der Waals surface area contributed by atoms with Gasteiger partial charge in [-0.1, -0.05) is 48.5 Å². The van der Waals surface area contributed by atoms with Gasteiger partial charge in [-0.3, -0.25) is 0 Å². The fraction of sp³-hybridized carbons (Fsp3) is 1.00. The Bertz CT molecular complexity index is 264. The summed E-state index contributed by atoms with van der Waals surface area (Å²) < 4.78 is 17.3. The second-order valence-electron chi connectivity index (χ2n) is 7.06. The molecule has 0 fully saturated rings. The molecule has 0 bridgehead atoms. The van der Waals surface area contributed by atoms with Crippen molar-refractivity contribution in [3.05, 3.63) is 0 Å². The second kappa shape index (κ2) is 6.70. The molecular formula is C15H34O3Si. The highest BCUT2D eigenvalue weighted by Crippen LogP contribution is 2.54. The van der Waals surface area contributed by atoms with Crippen LogP contribution in [0.15, 0.2) is 0 Å². The average Bonchev–Trinajstić information content (AvgIpc) is 2.30. The SMILES string of the molecule is CO[Si](OC)(OC)C(C)(CC(C)(C)C(C)C)C(C)C. The molecule has 0 amide bonds. The minimum Gasteiger partial charge on any atom is -0.377 e. The van der Waals surface area contributed by atoms with E-state index >= 15 is 0 Å². The van der Waals surface area contributed by atoms with E-state index < -0.39 is 8.80 Å². The first-order valence-corrected chi connectivity index (χ1v) is 8.91. The summed E-state index contributed by atoms with van der Waals surface area (Å²) in [6.07, 6.45) is 1.02. The molecule has 0 aromatic heterocycles. The molecule has 0 aliphatic rings. The van der Waals surface area contributed by atoms with Crippen LogP contribution in [-0.2, 0) is 13.3 Å². The highest BCUT2D eigenvalue weighted by atomic mass is 28.4. The smallest absolute Gasteiger partial charge is 0.377 e. The summed E-state index contributed by atoms with van der Waals surface area (Å²) in [6, 6.07) is 0. The molecule has 3 nitrogen and oxygen atoms in total. The summed E-state index contributed by atoms with van der Waals surface area (Å²) in [6.45, 7) is 15.9. The fourth-order valence-electron chi connectivity index (χ4n) is 2.77. The van der Waals surface area contributed by atoms with Gasteiger partial charge in [-0.05, 0) is 23.7 Å². The molecule has 0 radical (unpaired) electrons. The Morgan fingerprint density at radius 1 is 0.789 bits per heavy atom. The zero-order chi connectivity index (χ0) is 15.5. The molecule has 19 heavy (non-hydrogen) atoms. The first kappa shape index (κ1) is 19.1. The number of hydrogen-bond donors (Lipinski definition) is 0. The molecule has 0 spiro atoms. The zero-order valence-corrected chi connectivity index (χ0v) is 15.6. The predicted molar refractivity (Wildman–Crippen MR) is 83.2 cm³/mol. The Kier molecular flexibility index (Phi) is 6.73. The van der Waals surface area contributed by atoms with Crippen molar-refractivity contribution in [2.45, 2.75) is 59.9 Å². The minimum absolute atomic E-state index is 0.0982. The lowest BCUT2D eigenvalue weighted by Gasteiger charge is -2.48. The number of rotatable bonds is 8. The Balaban J connectivity index is 5.61. The molecule has 0 saturated carbocycles. The molecule has 0 saturated heterocycles. The van der Waals surface area contributed by atoms with E-state index in [4.69, 9.17) is 13.3 Å². The molecule has 1 atom stereocenters. The van der Waals surface area contributed by atoms with Crippen molar-refractivity contribution < 1.29 is 13.3 Å². The normalized spacial score (nSPS) is 17.1. The van der Waals surface area contributed by atoms with Gasteiger partial charge in [0.25, 0.3) is 0 Å². The number of hydrogen-bond acceptors (Lipinski definition) is 3. The lowest BCUT2D eigenvalue weighted by Crippen LogP contribution is -2.57. The molecule has 0 aliphatic carbocycles. The summed E-state index contributed by atoms with van der Waals surface area (Å²) in [4.78, 5) is 0. The van der Waals surface area contributed by atoms with Crippen LogP contribution in [0.25, 0.3) is 0 Å². The van der Waals surface area contributed by atoms with Crippen LogP contribution in [0.4, 0.5) is 0 Å². The average molecular weight is 291 g/mol. The molecule has 0 rings (SSSR count). The fourth-order valence-corrected chi connectivity index (χ4v) is 6.04. The van der Waals surface area contributed by atoms with Crippen LogP contribution in [0.3, 0.4) is 0 Å². The molecule has 0 N–H and O–H groups in total. The highest BCUT2D eigenvalue weighted by molar-refractivity contribution is 6.64. The van der Waals surface area contributed by atoms with Crippen molar-refractivity contribution in [3.63, 3.8) is 0 Å². The Morgan fingerprint density at radius 2 is 1.16 bits per heavy atom. The molecule has 0 heterocycles. The van der Waals surface area contributed by atoms with E-state index in [1.807, 2.05) is 0 Å². The van der Waals surface area contributed by atoms with E-state index in [-0.39, 0.29) is 10.5 Å². The van der Waals surface area contributed by atoms with E-state index in [9.17, 15) is 0 Å². The summed E-state index contributed by atoms with van der Waals surface area (Å²) >= 11 is 0. The Morgan fingerprint density at radius 3 is 1.37 bits per heavy atom. The standard InChI is InChI=1S/C15H34O3Si/c1-12(2)14(5,6)11-15(7,13(3)4)19(16-8,17-9)18-10/h12-13H,11H2,1-10H3. The molecule has 4 heteroatoms. The van der Waals surface area contributed by atoms with Gasteiger partial charge in [0.15, 0.2) is 0 Å². The Hall–Kier alpha value is 0.0969. The summed E-state index contributed by atoms with van der Waals surface area (Å²) in [5.41, 5.74) is 0.215. The van der Waals surface area contributed by atoms with Crippen LogP contribution in [0.2, 0.25) is 5.04 Å². The first-order chi connectivity index (χ1) is 8.53. The van der Waals surface area contributed by atoms with Gasteiger partial charge in [-0.2, -0.15) is 0 Å². The quantitative estimate of drug-likeness (QED) is 0.622. The molecule has 0 aromatic carbocycles. The summed E-state index contributed by atoms with van der Waals surface area (Å²) in [5.74, 6) is 1.03. The van der Waals surface area contributed by atoms with Gasteiger partial charge in [0.1, 0.15) is 0 Å². The van der Waals surface area contributed by atoms with Crippen molar-refractivity contribution in [2.24, 2.45) is 17.3 Å². The van der Waals surface area contributed by atoms with Crippen LogP contribution in [0.5, 0.6) is 0 Å². The molecule has 116 valence electrons. The van der Waals surface area contributed by atoms with Gasteiger partial charge in [0, 0.05) is 26.4 Å². The van der Waals surface area contributed by atoms with Crippen LogP contribution in [0.1, 0.15) is 54.9 Å². The third-order valence-electron chi connectivity index (χ3n) is 5.17. The predicted octanol–water partition coefficient (Wildman–Crippen LogP) is 4.35. The van der Waals surface area contributed by atoms with Crippen molar-refractivity contribution in [1.29, 1.82) is 0 Å². The minimum atomic E-state index is -2.69. The van der Waals surface area contributed by atoms with Crippen molar-refractivity contribution in [1.82, 2.24) is 0 Å². The van der Waals surface area contributed by atoms with Gasteiger partial charge in [0.2, 0.25) is 0 Å². The molecule has 1 unspecified atom stereocenters. The van der Waals surface area contributed by atoms with Gasteiger partial charge in [-0.15, -0.1) is 0 Å². The maximum atomic E-state index is 5.78. The van der Waals surface area contributed by atoms with E-state index in [0.717, 1.165) is 6.42 Å². The topological polar surface area (TPSA) is 27.7 Å². The van der Waals surface area contributed by atoms with Gasteiger partial charge in [-0.25, -0.2) is 0 Å². The second-order valence-corrected chi connectivity index (χ2v) is 10.5. The lowest BCUT2D eigenvalue weighted by molar-refractivity contribution is 0.0546. The third kappa shape index (κ3) is 3.60. The summed E-state index contributed by atoms with van der Waals surface area (Å²) in [5, 5.41) is -0.0982. The molecule has 0 aliphatic heterocycles. The van der Waals surface area contributed by atoms with Crippen LogP contribution >= 0.6 is 0 Å². The largest absolute Gasteiger partial charge is 0.506 e. The zero-order valence-electron chi connectivity index (χ0n) is 14.6. The third-order valence-corrected chi connectivity index (χ3v) is 8.93. The maximum Gasteiger partial charge on any atom is 0.506 e. The van der Waals surface area contributed by atoms with Gasteiger partial charge in [0.05, 0.1) is 0 Å². The van der Waals surface area contributed by atoms with Gasteiger partial charge < -0.3 is 13.3 Å². The van der Waals surface area contributed by atoms with E-state index in [1.165, 1.54) is 0 Å². The van der Waals surface area contributed by atoms with E-state index in [1.54, 1.807) is 21.3 Å². The molecule has 0 aromatic rings. The molecular weight excluding hydrogens is 256 g/mol. The van der Waals surface area contributed by atoms with Crippen LogP contribution in [-0.4, -0.2) is 30.1 Å². The van der Waals surface area contributed by atoms with Gasteiger partial charge >= 0.3 is 8.80 Å². The highest BCUT2D eigenvalue weighted by Gasteiger charge is 2.59.